The molecular formula is C13H15ClN4O. The lowest BCUT2D eigenvalue weighted by Gasteiger charge is -2.32. The molecule has 0 bridgehead atoms. The summed E-state index contributed by atoms with van der Waals surface area (Å²) >= 11 is 5.90. The van der Waals surface area contributed by atoms with Crippen LogP contribution in [0.4, 0.5) is 5.82 Å². The summed E-state index contributed by atoms with van der Waals surface area (Å²) in [5, 5.41) is 11.9. The van der Waals surface area contributed by atoms with Gasteiger partial charge in [-0.3, -0.25) is 4.79 Å². The molecule has 19 heavy (non-hydrogen) atoms. The van der Waals surface area contributed by atoms with Gasteiger partial charge in [0.15, 0.2) is 0 Å². The molecule has 1 fully saturated rings. The van der Waals surface area contributed by atoms with Crippen LogP contribution in [-0.4, -0.2) is 31.0 Å². The predicted molar refractivity (Wildman–Crippen MR) is 73.0 cm³/mol. The molecule has 1 amide bonds. The molecule has 6 heteroatoms. The Bertz CT molecular complexity index is 518. The highest BCUT2D eigenvalue weighted by Gasteiger charge is 2.25. The largest absolute Gasteiger partial charge is 0.359 e. The Hall–Kier alpha value is -1.80. The highest BCUT2D eigenvalue weighted by atomic mass is 35.5. The van der Waals surface area contributed by atoms with Gasteiger partial charge in [-0.1, -0.05) is 11.6 Å². The van der Waals surface area contributed by atoms with E-state index in [9.17, 15) is 4.79 Å². The highest BCUT2D eigenvalue weighted by molar-refractivity contribution is 6.29. The van der Waals surface area contributed by atoms with E-state index in [0.29, 0.717) is 16.5 Å². The summed E-state index contributed by atoms with van der Waals surface area (Å²) in [5.74, 6) is 0.867. The van der Waals surface area contributed by atoms with E-state index in [1.165, 1.54) is 0 Å². The first kappa shape index (κ1) is 13.6. The molecule has 0 aromatic carbocycles. The van der Waals surface area contributed by atoms with Crippen LogP contribution in [0.5, 0.6) is 0 Å². The van der Waals surface area contributed by atoms with E-state index < -0.39 is 0 Å². The van der Waals surface area contributed by atoms with Crippen LogP contribution >= 0.6 is 11.6 Å². The van der Waals surface area contributed by atoms with Gasteiger partial charge < -0.3 is 10.2 Å². The number of nitriles is 1. The lowest BCUT2D eigenvalue weighted by molar-refractivity contribution is -0.125. The first-order valence-corrected chi connectivity index (χ1v) is 6.56. The van der Waals surface area contributed by atoms with Crippen LogP contribution in [0, 0.1) is 17.2 Å². The zero-order chi connectivity index (χ0) is 13.8. The summed E-state index contributed by atoms with van der Waals surface area (Å²) in [4.78, 5) is 17.9. The lowest BCUT2D eigenvalue weighted by atomic mass is 9.96. The summed E-state index contributed by atoms with van der Waals surface area (Å²) in [6.45, 7) is 1.49. The average molecular weight is 279 g/mol. The summed E-state index contributed by atoms with van der Waals surface area (Å²) in [5.41, 5.74) is 0.503. The van der Waals surface area contributed by atoms with Gasteiger partial charge in [-0.15, -0.1) is 0 Å². The minimum atomic E-state index is 0.0656. The van der Waals surface area contributed by atoms with E-state index in [1.54, 1.807) is 19.2 Å². The van der Waals surface area contributed by atoms with Gasteiger partial charge in [-0.05, 0) is 25.0 Å². The second kappa shape index (κ2) is 5.89. The number of rotatable bonds is 2. The first-order chi connectivity index (χ1) is 9.13. The minimum Gasteiger partial charge on any atom is -0.359 e. The quantitative estimate of drug-likeness (QED) is 0.834. The van der Waals surface area contributed by atoms with Gasteiger partial charge in [0.05, 0.1) is 11.6 Å². The van der Waals surface area contributed by atoms with Crippen LogP contribution in [-0.2, 0) is 4.79 Å². The van der Waals surface area contributed by atoms with Crippen molar-refractivity contribution in [1.82, 2.24) is 10.3 Å². The molecular weight excluding hydrogens is 264 g/mol. The standard InChI is InChI=1S/C13H15ClN4O/c1-16-13(19)10-2-4-18(5-3-10)12-7-9(8-15)6-11(14)17-12/h6-7,10H,2-5H2,1H3,(H,16,19). The molecule has 1 aromatic heterocycles. The van der Waals surface area contributed by atoms with Gasteiger partial charge in [0.2, 0.25) is 5.91 Å². The molecule has 5 nitrogen and oxygen atoms in total. The number of pyridine rings is 1. The highest BCUT2D eigenvalue weighted by Crippen LogP contribution is 2.24. The second-order valence-corrected chi connectivity index (χ2v) is 4.91. The van der Waals surface area contributed by atoms with Gasteiger partial charge in [0.25, 0.3) is 0 Å². The molecule has 0 unspecified atom stereocenters. The number of piperidine rings is 1. The van der Waals surface area contributed by atoms with Crippen LogP contribution in [0.15, 0.2) is 12.1 Å². The van der Waals surface area contributed by atoms with Crippen LogP contribution in [0.1, 0.15) is 18.4 Å². The fourth-order valence-corrected chi connectivity index (χ4v) is 2.49. The molecule has 100 valence electrons. The Kier molecular flexibility index (Phi) is 4.23. The number of carbonyl (C=O) groups is 1. The third-order valence-corrected chi connectivity index (χ3v) is 3.54. The van der Waals surface area contributed by atoms with E-state index in [-0.39, 0.29) is 11.8 Å². The van der Waals surface area contributed by atoms with Crippen molar-refractivity contribution >= 4 is 23.3 Å². The van der Waals surface area contributed by atoms with Crippen molar-refractivity contribution in [3.8, 4) is 6.07 Å². The Balaban J connectivity index is 2.08. The van der Waals surface area contributed by atoms with Gasteiger partial charge in [-0.25, -0.2) is 4.98 Å². The molecule has 1 aromatic rings. The number of halogens is 1. The third-order valence-electron chi connectivity index (χ3n) is 3.35. The minimum absolute atomic E-state index is 0.0656. The van der Waals surface area contributed by atoms with Gasteiger partial charge in [0, 0.05) is 26.1 Å². The van der Waals surface area contributed by atoms with E-state index in [2.05, 4.69) is 21.3 Å². The summed E-state index contributed by atoms with van der Waals surface area (Å²) in [7, 11) is 1.66. The summed E-state index contributed by atoms with van der Waals surface area (Å²) in [6, 6.07) is 5.34. The fraction of sp³-hybridized carbons (Fsp3) is 0.462. The molecule has 0 atom stereocenters. The number of carbonyl (C=O) groups excluding carboxylic acids is 1. The SMILES string of the molecule is CNC(=O)C1CCN(c2cc(C#N)cc(Cl)n2)CC1. The van der Waals surface area contributed by atoms with Crippen molar-refractivity contribution in [2.75, 3.05) is 25.0 Å². The summed E-state index contributed by atoms with van der Waals surface area (Å²) in [6.07, 6.45) is 1.57. The zero-order valence-electron chi connectivity index (χ0n) is 10.7. The first-order valence-electron chi connectivity index (χ1n) is 6.18. The van der Waals surface area contributed by atoms with Crippen molar-refractivity contribution in [2.45, 2.75) is 12.8 Å². The monoisotopic (exact) mass is 278 g/mol. The average Bonchev–Trinajstić information content (AvgIpc) is 2.46. The maximum Gasteiger partial charge on any atom is 0.222 e. The molecule has 0 spiro atoms. The van der Waals surface area contributed by atoms with E-state index in [4.69, 9.17) is 16.9 Å². The number of nitrogens with one attached hydrogen (secondary N) is 1. The van der Waals surface area contributed by atoms with Gasteiger partial charge in [-0.2, -0.15) is 5.26 Å². The zero-order valence-corrected chi connectivity index (χ0v) is 11.4. The smallest absolute Gasteiger partial charge is 0.222 e. The number of amides is 1. The number of aromatic nitrogens is 1. The molecule has 2 heterocycles. The van der Waals surface area contributed by atoms with Crippen molar-refractivity contribution < 1.29 is 4.79 Å². The Morgan fingerprint density at radius 1 is 1.53 bits per heavy atom. The van der Waals surface area contributed by atoms with Crippen molar-refractivity contribution in [1.29, 1.82) is 5.26 Å². The molecule has 1 saturated heterocycles. The van der Waals surface area contributed by atoms with E-state index >= 15 is 0 Å². The van der Waals surface area contributed by atoms with Gasteiger partial charge in [0.1, 0.15) is 11.0 Å². The van der Waals surface area contributed by atoms with Crippen LogP contribution in [0.2, 0.25) is 5.15 Å². The molecule has 0 aliphatic carbocycles. The molecule has 1 N–H and O–H groups in total. The number of hydrogen-bond acceptors (Lipinski definition) is 4. The Labute approximate surface area is 117 Å². The number of nitrogens with zero attached hydrogens (tertiary/aromatic N) is 3. The molecule has 2 rings (SSSR count). The fourth-order valence-electron chi connectivity index (χ4n) is 2.28. The summed E-state index contributed by atoms with van der Waals surface area (Å²) < 4.78 is 0. The van der Waals surface area contributed by atoms with Gasteiger partial charge >= 0.3 is 0 Å². The molecule has 0 saturated carbocycles. The Morgan fingerprint density at radius 2 is 2.21 bits per heavy atom. The van der Waals surface area contributed by atoms with Crippen LogP contribution in [0.3, 0.4) is 0 Å². The second-order valence-electron chi connectivity index (χ2n) is 4.52. The van der Waals surface area contributed by atoms with Crippen LogP contribution < -0.4 is 10.2 Å². The van der Waals surface area contributed by atoms with Crippen molar-refractivity contribution in [3.05, 3.63) is 22.8 Å². The molecule has 1 aliphatic rings. The predicted octanol–water partition coefficient (Wildman–Crippen LogP) is 1.57. The van der Waals surface area contributed by atoms with Crippen molar-refractivity contribution in [2.24, 2.45) is 5.92 Å². The van der Waals surface area contributed by atoms with Crippen molar-refractivity contribution in [3.63, 3.8) is 0 Å². The number of hydrogen-bond donors (Lipinski definition) is 1. The topological polar surface area (TPSA) is 69.0 Å². The third kappa shape index (κ3) is 3.15. The maximum atomic E-state index is 11.6. The Morgan fingerprint density at radius 3 is 2.79 bits per heavy atom. The maximum absolute atomic E-state index is 11.6. The lowest BCUT2D eigenvalue weighted by Crippen LogP contribution is -2.39. The van der Waals surface area contributed by atoms with Crippen LogP contribution in [0.25, 0.3) is 0 Å². The molecule has 0 radical (unpaired) electrons. The molecule has 1 aliphatic heterocycles. The van der Waals surface area contributed by atoms with E-state index in [1.807, 2.05) is 0 Å². The normalized spacial score (nSPS) is 15.9. The number of anilines is 1. The van der Waals surface area contributed by atoms with E-state index in [0.717, 1.165) is 25.9 Å².